The second-order valence-corrected chi connectivity index (χ2v) is 6.50. The Morgan fingerprint density at radius 2 is 1.83 bits per heavy atom. The molecule has 0 aromatic heterocycles. The lowest BCUT2D eigenvalue weighted by molar-refractivity contribution is -0.0474. The van der Waals surface area contributed by atoms with Crippen LogP contribution in [0.5, 0.6) is 5.75 Å². The fourth-order valence-corrected chi connectivity index (χ4v) is 3.55. The summed E-state index contributed by atoms with van der Waals surface area (Å²) in [5.41, 5.74) is 0.789. The Labute approximate surface area is 143 Å². The van der Waals surface area contributed by atoms with E-state index in [0.29, 0.717) is 25.3 Å². The second kappa shape index (κ2) is 7.34. The molecule has 24 heavy (non-hydrogen) atoms. The molecule has 1 heterocycles. The Balaban J connectivity index is 1.74. The van der Waals surface area contributed by atoms with Gasteiger partial charge in [-0.15, -0.1) is 0 Å². The molecule has 1 saturated heterocycles. The molecule has 2 aromatic carbocycles. The van der Waals surface area contributed by atoms with E-state index in [9.17, 15) is 10.2 Å². The molecule has 1 fully saturated rings. The first kappa shape index (κ1) is 17.0. The van der Waals surface area contributed by atoms with Crippen LogP contribution in [0.3, 0.4) is 0 Å². The highest BCUT2D eigenvalue weighted by Crippen LogP contribution is 2.37. The summed E-state index contributed by atoms with van der Waals surface area (Å²) in [6.45, 7) is 1.89. The van der Waals surface area contributed by atoms with Crippen molar-refractivity contribution in [2.75, 3.05) is 26.7 Å². The van der Waals surface area contributed by atoms with Crippen LogP contribution in [0.2, 0.25) is 0 Å². The molecule has 0 amide bonds. The lowest BCUT2D eigenvalue weighted by Crippen LogP contribution is -2.47. The topological polar surface area (TPSA) is 52.9 Å². The van der Waals surface area contributed by atoms with E-state index in [4.69, 9.17) is 4.74 Å². The monoisotopic (exact) mass is 327 g/mol. The lowest BCUT2D eigenvalue weighted by atomic mass is 9.85. The van der Waals surface area contributed by atoms with E-state index in [1.165, 1.54) is 0 Å². The zero-order valence-corrected chi connectivity index (χ0v) is 14.1. The summed E-state index contributed by atoms with van der Waals surface area (Å²) in [5.74, 6) is 0.713. The molecule has 0 spiro atoms. The van der Waals surface area contributed by atoms with Gasteiger partial charge < -0.3 is 14.9 Å². The van der Waals surface area contributed by atoms with Crippen molar-refractivity contribution >= 4 is 0 Å². The number of methoxy groups -OCH3 is 1. The normalized spacial score (nSPS) is 23.0. The summed E-state index contributed by atoms with van der Waals surface area (Å²) in [6.07, 6.45) is 1.03. The Morgan fingerprint density at radius 3 is 2.58 bits per heavy atom. The van der Waals surface area contributed by atoms with Crippen LogP contribution >= 0.6 is 0 Å². The van der Waals surface area contributed by atoms with Gasteiger partial charge in [0.05, 0.1) is 13.2 Å². The Bertz CT molecular complexity index is 661. The molecule has 0 unspecified atom stereocenters. The second-order valence-electron chi connectivity index (χ2n) is 6.50. The predicted octanol–water partition coefficient (Wildman–Crippen LogP) is 2.71. The number of benzene rings is 2. The molecule has 0 aliphatic carbocycles. The number of para-hydroxylation sites is 1. The molecule has 2 aromatic rings. The molecule has 0 saturated carbocycles. The smallest absolute Gasteiger partial charge is 0.124 e. The Hall–Kier alpha value is -1.88. The van der Waals surface area contributed by atoms with Crippen molar-refractivity contribution < 1.29 is 14.9 Å². The van der Waals surface area contributed by atoms with Gasteiger partial charge >= 0.3 is 0 Å². The van der Waals surface area contributed by atoms with Crippen LogP contribution in [0, 0.1) is 0 Å². The largest absolute Gasteiger partial charge is 0.496 e. The number of aliphatic hydroxyl groups is 2. The number of β-amino-alcohol motifs (C(OH)–C–C–N with tert-alkyl or cyclic N) is 2. The van der Waals surface area contributed by atoms with E-state index in [-0.39, 0.29) is 0 Å². The van der Waals surface area contributed by atoms with E-state index < -0.39 is 11.7 Å². The molecule has 3 rings (SSSR count). The summed E-state index contributed by atoms with van der Waals surface area (Å²) in [4.78, 5) is 2.13. The minimum absolute atomic E-state index is 0.497. The Morgan fingerprint density at radius 1 is 1.12 bits per heavy atom. The van der Waals surface area contributed by atoms with Crippen LogP contribution < -0.4 is 4.74 Å². The third kappa shape index (κ3) is 3.61. The summed E-state index contributed by atoms with van der Waals surface area (Å²) >= 11 is 0. The highest BCUT2D eigenvalue weighted by atomic mass is 16.5. The van der Waals surface area contributed by atoms with Crippen molar-refractivity contribution in [2.45, 2.75) is 24.5 Å². The lowest BCUT2D eigenvalue weighted by Gasteiger charge is -2.40. The number of hydrogen-bond donors (Lipinski definition) is 2. The molecule has 0 radical (unpaired) electrons. The summed E-state index contributed by atoms with van der Waals surface area (Å²) in [6, 6.07) is 17.3. The molecule has 0 bridgehead atoms. The first-order valence-corrected chi connectivity index (χ1v) is 8.43. The third-order valence-corrected chi connectivity index (χ3v) is 4.77. The van der Waals surface area contributed by atoms with Gasteiger partial charge in [-0.1, -0.05) is 48.5 Å². The highest BCUT2D eigenvalue weighted by molar-refractivity contribution is 5.38. The quantitative estimate of drug-likeness (QED) is 0.887. The van der Waals surface area contributed by atoms with Gasteiger partial charge in [0.15, 0.2) is 0 Å². The van der Waals surface area contributed by atoms with Crippen molar-refractivity contribution in [3.05, 3.63) is 65.7 Å². The summed E-state index contributed by atoms with van der Waals surface area (Å²) < 4.78 is 5.42. The van der Waals surface area contributed by atoms with Crippen molar-refractivity contribution in [3.8, 4) is 5.75 Å². The first-order chi connectivity index (χ1) is 11.6. The standard InChI is InChI=1S/C20H25NO3/c1-24-19-11-6-5-10-17(19)20(23)12-7-13-21(15-20)14-18(22)16-8-3-2-4-9-16/h2-6,8-11,18,22-23H,7,12-15H2,1H3/t18-,20-/m1/s1. The number of rotatable bonds is 5. The minimum Gasteiger partial charge on any atom is -0.496 e. The van der Waals surface area contributed by atoms with Gasteiger partial charge in [0, 0.05) is 18.7 Å². The van der Waals surface area contributed by atoms with Crippen LogP contribution in [-0.2, 0) is 5.60 Å². The van der Waals surface area contributed by atoms with Crippen molar-refractivity contribution in [3.63, 3.8) is 0 Å². The van der Waals surface area contributed by atoms with Crippen molar-refractivity contribution in [1.82, 2.24) is 4.90 Å². The van der Waals surface area contributed by atoms with E-state index in [0.717, 1.165) is 24.1 Å². The molecule has 4 heteroatoms. The maximum Gasteiger partial charge on any atom is 0.124 e. The van der Waals surface area contributed by atoms with Gasteiger partial charge in [-0.05, 0) is 31.0 Å². The Kier molecular flexibility index (Phi) is 5.19. The van der Waals surface area contributed by atoms with Crippen LogP contribution in [0.25, 0.3) is 0 Å². The average Bonchev–Trinajstić information content (AvgIpc) is 2.62. The summed E-state index contributed by atoms with van der Waals surface area (Å²) in [5, 5.41) is 21.7. The number of likely N-dealkylation sites (tertiary alicyclic amines) is 1. The predicted molar refractivity (Wildman–Crippen MR) is 94.0 cm³/mol. The average molecular weight is 327 g/mol. The molecule has 128 valence electrons. The molecular weight excluding hydrogens is 302 g/mol. The molecule has 1 aliphatic heterocycles. The number of aliphatic hydroxyl groups excluding tert-OH is 1. The van der Waals surface area contributed by atoms with Crippen LogP contribution in [0.15, 0.2) is 54.6 Å². The van der Waals surface area contributed by atoms with E-state index >= 15 is 0 Å². The maximum atomic E-state index is 11.2. The van der Waals surface area contributed by atoms with Gasteiger partial charge in [0.2, 0.25) is 0 Å². The maximum absolute atomic E-state index is 11.2. The van der Waals surface area contributed by atoms with Gasteiger partial charge in [-0.25, -0.2) is 0 Å². The minimum atomic E-state index is -0.943. The van der Waals surface area contributed by atoms with E-state index in [2.05, 4.69) is 4.90 Å². The molecule has 2 N–H and O–H groups in total. The highest BCUT2D eigenvalue weighted by Gasteiger charge is 2.37. The fourth-order valence-electron chi connectivity index (χ4n) is 3.55. The third-order valence-electron chi connectivity index (χ3n) is 4.77. The molecular formula is C20H25NO3. The van der Waals surface area contributed by atoms with E-state index in [1.807, 2.05) is 54.6 Å². The van der Waals surface area contributed by atoms with E-state index in [1.54, 1.807) is 7.11 Å². The van der Waals surface area contributed by atoms with Gasteiger partial charge in [0.1, 0.15) is 11.4 Å². The number of nitrogens with zero attached hydrogens (tertiary/aromatic N) is 1. The van der Waals surface area contributed by atoms with Crippen LogP contribution in [0.1, 0.15) is 30.1 Å². The summed E-state index contributed by atoms with van der Waals surface area (Å²) in [7, 11) is 1.63. The number of hydrogen-bond acceptors (Lipinski definition) is 4. The van der Waals surface area contributed by atoms with Gasteiger partial charge in [-0.2, -0.15) is 0 Å². The molecule has 1 aliphatic rings. The van der Waals surface area contributed by atoms with Crippen LogP contribution in [-0.4, -0.2) is 41.9 Å². The number of piperidine rings is 1. The SMILES string of the molecule is COc1ccccc1[C@@]1(O)CCCN(C[C@@H](O)c2ccccc2)C1. The number of ether oxygens (including phenoxy) is 1. The van der Waals surface area contributed by atoms with Gasteiger partial charge in [-0.3, -0.25) is 4.90 Å². The molecule has 2 atom stereocenters. The first-order valence-electron chi connectivity index (χ1n) is 8.43. The van der Waals surface area contributed by atoms with Gasteiger partial charge in [0.25, 0.3) is 0 Å². The van der Waals surface area contributed by atoms with Crippen molar-refractivity contribution in [1.29, 1.82) is 0 Å². The van der Waals surface area contributed by atoms with Crippen molar-refractivity contribution in [2.24, 2.45) is 0 Å². The fraction of sp³-hybridized carbons (Fsp3) is 0.400. The van der Waals surface area contributed by atoms with Crippen LogP contribution in [0.4, 0.5) is 0 Å². The zero-order valence-electron chi connectivity index (χ0n) is 14.1. The molecule has 4 nitrogen and oxygen atoms in total. The zero-order chi connectivity index (χ0) is 17.0.